The number of ether oxygens (including phenoxy) is 1. The van der Waals surface area contributed by atoms with Crippen molar-refractivity contribution in [2.75, 3.05) is 4.90 Å². The van der Waals surface area contributed by atoms with E-state index in [-0.39, 0.29) is 35.5 Å². The highest BCUT2D eigenvalue weighted by Crippen LogP contribution is 2.53. The minimum atomic E-state index is -0.516. The summed E-state index contributed by atoms with van der Waals surface area (Å²) in [6.45, 7) is 3.88. The molecular formula is C24H21NO4. The van der Waals surface area contributed by atoms with E-state index in [4.69, 9.17) is 4.74 Å². The van der Waals surface area contributed by atoms with Crippen LogP contribution in [0, 0.1) is 37.5 Å². The third kappa shape index (κ3) is 2.80. The van der Waals surface area contributed by atoms with Crippen molar-refractivity contribution in [1.29, 1.82) is 0 Å². The number of hydrogen-bond acceptors (Lipinski definition) is 4. The van der Waals surface area contributed by atoms with Gasteiger partial charge in [-0.2, -0.15) is 0 Å². The summed E-state index contributed by atoms with van der Waals surface area (Å²) in [5.41, 5.74) is 2.75. The van der Waals surface area contributed by atoms with Gasteiger partial charge >= 0.3 is 5.97 Å². The highest BCUT2D eigenvalue weighted by atomic mass is 16.5. The molecule has 146 valence electrons. The van der Waals surface area contributed by atoms with Crippen LogP contribution >= 0.6 is 0 Å². The fourth-order valence-corrected chi connectivity index (χ4v) is 5.09. The number of hydrogen-bond donors (Lipinski definition) is 0. The Labute approximate surface area is 169 Å². The van der Waals surface area contributed by atoms with Crippen molar-refractivity contribution >= 4 is 23.5 Å². The topological polar surface area (TPSA) is 63.7 Å². The number of allylic oxidation sites excluding steroid dienone is 2. The summed E-state index contributed by atoms with van der Waals surface area (Å²) < 4.78 is 5.51. The van der Waals surface area contributed by atoms with Crippen LogP contribution in [0.5, 0.6) is 5.75 Å². The third-order valence-electron chi connectivity index (χ3n) is 6.22. The molecule has 0 radical (unpaired) electrons. The molecule has 2 aromatic carbocycles. The molecule has 29 heavy (non-hydrogen) atoms. The Balaban J connectivity index is 1.41. The van der Waals surface area contributed by atoms with Gasteiger partial charge in [0.05, 0.1) is 23.1 Å². The lowest BCUT2D eigenvalue weighted by Gasteiger charge is -2.18. The van der Waals surface area contributed by atoms with E-state index in [0.717, 1.165) is 17.5 Å². The van der Waals surface area contributed by atoms with E-state index >= 15 is 0 Å². The van der Waals surface area contributed by atoms with E-state index in [1.165, 1.54) is 4.90 Å². The number of imide groups is 1. The number of esters is 1. The molecule has 1 saturated heterocycles. The SMILES string of the molecule is Cc1cc(C)cc(OC(=O)c2cccc(N3C(=O)C4C5C=CC(C5)C4C3=O)c2)c1. The fourth-order valence-electron chi connectivity index (χ4n) is 5.09. The number of aryl methyl sites for hydroxylation is 2. The van der Waals surface area contributed by atoms with Crippen LogP contribution in [0.2, 0.25) is 0 Å². The van der Waals surface area contributed by atoms with Crippen LogP contribution in [0.25, 0.3) is 0 Å². The zero-order valence-corrected chi connectivity index (χ0v) is 16.3. The number of nitrogens with zero attached hydrogens (tertiary/aromatic N) is 1. The van der Waals surface area contributed by atoms with Crippen LogP contribution in [0.4, 0.5) is 5.69 Å². The first kappa shape index (κ1) is 17.9. The molecule has 2 aromatic rings. The Morgan fingerprint density at radius 3 is 2.17 bits per heavy atom. The second kappa shape index (κ2) is 6.41. The van der Waals surface area contributed by atoms with Gasteiger partial charge in [0.25, 0.3) is 0 Å². The summed E-state index contributed by atoms with van der Waals surface area (Å²) in [6.07, 6.45) is 5.03. The number of amides is 2. The zero-order chi connectivity index (χ0) is 20.3. The molecule has 1 aliphatic heterocycles. The quantitative estimate of drug-likeness (QED) is 0.347. The summed E-state index contributed by atoms with van der Waals surface area (Å²) >= 11 is 0. The van der Waals surface area contributed by atoms with Gasteiger partial charge in [-0.05, 0) is 73.6 Å². The van der Waals surface area contributed by atoms with Gasteiger partial charge in [-0.1, -0.05) is 24.3 Å². The summed E-state index contributed by atoms with van der Waals surface area (Å²) in [5, 5.41) is 0. The second-order valence-electron chi connectivity index (χ2n) is 8.28. The van der Waals surface area contributed by atoms with Gasteiger partial charge in [0, 0.05) is 0 Å². The first-order valence-electron chi connectivity index (χ1n) is 9.89. The van der Waals surface area contributed by atoms with Gasteiger partial charge in [-0.15, -0.1) is 0 Å². The van der Waals surface area contributed by atoms with E-state index in [0.29, 0.717) is 17.0 Å². The smallest absolute Gasteiger partial charge is 0.343 e. The molecule has 2 bridgehead atoms. The molecule has 0 aromatic heterocycles. The lowest BCUT2D eigenvalue weighted by molar-refractivity contribution is -0.123. The Bertz CT molecular complexity index is 1040. The summed E-state index contributed by atoms with van der Waals surface area (Å²) in [6, 6.07) is 12.2. The summed E-state index contributed by atoms with van der Waals surface area (Å²) in [5.74, 6) is -0.560. The molecule has 0 spiro atoms. The van der Waals surface area contributed by atoms with E-state index < -0.39 is 5.97 Å². The van der Waals surface area contributed by atoms with Crippen LogP contribution in [0.15, 0.2) is 54.6 Å². The molecule has 5 rings (SSSR count). The van der Waals surface area contributed by atoms with Gasteiger partial charge in [-0.25, -0.2) is 9.69 Å². The first-order chi connectivity index (χ1) is 13.9. The van der Waals surface area contributed by atoms with Crippen molar-refractivity contribution in [3.63, 3.8) is 0 Å². The Morgan fingerprint density at radius 2 is 1.55 bits per heavy atom. The van der Waals surface area contributed by atoms with Crippen molar-refractivity contribution in [1.82, 2.24) is 0 Å². The minimum absolute atomic E-state index is 0.156. The molecule has 4 unspecified atom stereocenters. The summed E-state index contributed by atoms with van der Waals surface area (Å²) in [7, 11) is 0. The average molecular weight is 387 g/mol. The van der Waals surface area contributed by atoms with E-state index in [9.17, 15) is 14.4 Å². The normalized spacial score (nSPS) is 26.9. The van der Waals surface area contributed by atoms with Crippen LogP contribution < -0.4 is 9.64 Å². The molecule has 1 heterocycles. The van der Waals surface area contributed by atoms with Gasteiger partial charge in [0.2, 0.25) is 11.8 Å². The zero-order valence-electron chi connectivity index (χ0n) is 16.3. The number of benzene rings is 2. The molecule has 4 atom stereocenters. The molecule has 5 nitrogen and oxygen atoms in total. The lowest BCUT2D eigenvalue weighted by atomic mass is 9.85. The van der Waals surface area contributed by atoms with Crippen LogP contribution in [0.3, 0.4) is 0 Å². The van der Waals surface area contributed by atoms with Gasteiger partial charge in [0.1, 0.15) is 5.75 Å². The average Bonchev–Trinajstić information content (AvgIpc) is 3.35. The molecule has 0 N–H and O–H groups in total. The second-order valence-corrected chi connectivity index (χ2v) is 8.28. The summed E-state index contributed by atoms with van der Waals surface area (Å²) in [4.78, 5) is 39.9. The molecule has 2 amide bonds. The van der Waals surface area contributed by atoms with Gasteiger partial charge in [0.15, 0.2) is 0 Å². The Morgan fingerprint density at radius 1 is 0.931 bits per heavy atom. The standard InChI is InChI=1S/C24H21NO4/c1-13-8-14(2)10-19(9-13)29-24(28)17-4-3-5-18(12-17)25-22(26)20-15-6-7-16(11-15)21(20)23(25)27/h3-10,12,15-16,20-21H,11H2,1-2H3. The Hall–Kier alpha value is -3.21. The maximum atomic E-state index is 13.0. The van der Waals surface area contributed by atoms with Gasteiger partial charge in [-0.3, -0.25) is 9.59 Å². The first-order valence-corrected chi connectivity index (χ1v) is 9.89. The van der Waals surface area contributed by atoms with Crippen molar-refractivity contribution in [3.8, 4) is 5.75 Å². The number of carbonyl (C=O) groups excluding carboxylic acids is 3. The number of rotatable bonds is 3. The predicted molar refractivity (Wildman–Crippen MR) is 108 cm³/mol. The van der Waals surface area contributed by atoms with Crippen molar-refractivity contribution in [2.45, 2.75) is 20.3 Å². The number of fused-ring (bicyclic) bond motifs is 5. The van der Waals surface area contributed by atoms with Crippen LogP contribution in [-0.2, 0) is 9.59 Å². The fraction of sp³-hybridized carbons (Fsp3) is 0.292. The minimum Gasteiger partial charge on any atom is -0.423 e. The van der Waals surface area contributed by atoms with Crippen LogP contribution in [-0.4, -0.2) is 17.8 Å². The largest absolute Gasteiger partial charge is 0.423 e. The van der Waals surface area contributed by atoms with Crippen molar-refractivity contribution in [2.24, 2.45) is 23.7 Å². The third-order valence-corrected chi connectivity index (χ3v) is 6.22. The number of anilines is 1. The lowest BCUT2D eigenvalue weighted by Crippen LogP contribution is -2.33. The van der Waals surface area contributed by atoms with Crippen molar-refractivity contribution < 1.29 is 19.1 Å². The number of carbonyl (C=O) groups is 3. The molecular weight excluding hydrogens is 366 g/mol. The van der Waals surface area contributed by atoms with E-state index in [1.54, 1.807) is 36.4 Å². The maximum Gasteiger partial charge on any atom is 0.343 e. The molecule has 3 aliphatic rings. The van der Waals surface area contributed by atoms with Crippen LogP contribution in [0.1, 0.15) is 27.9 Å². The maximum absolute atomic E-state index is 13.0. The highest BCUT2D eigenvalue weighted by Gasteiger charge is 2.59. The predicted octanol–water partition coefficient (Wildman–Crippen LogP) is 3.83. The van der Waals surface area contributed by atoms with Gasteiger partial charge < -0.3 is 4.74 Å². The Kier molecular flexibility index (Phi) is 3.95. The molecule has 5 heteroatoms. The van der Waals surface area contributed by atoms with E-state index in [1.807, 2.05) is 19.9 Å². The molecule has 2 fully saturated rings. The molecule has 2 aliphatic carbocycles. The van der Waals surface area contributed by atoms with Crippen molar-refractivity contribution in [3.05, 3.63) is 71.3 Å². The molecule has 1 saturated carbocycles. The highest BCUT2D eigenvalue weighted by molar-refractivity contribution is 6.23. The monoisotopic (exact) mass is 387 g/mol. The van der Waals surface area contributed by atoms with E-state index in [2.05, 4.69) is 12.2 Å².